The van der Waals surface area contributed by atoms with Crippen molar-refractivity contribution in [2.75, 3.05) is 11.9 Å². The van der Waals surface area contributed by atoms with Gasteiger partial charge in [0, 0.05) is 18.9 Å². The molecule has 2 rings (SSSR count). The van der Waals surface area contributed by atoms with E-state index in [1.807, 2.05) is 24.6 Å². The maximum Gasteiger partial charge on any atom is 0.158 e. The molecule has 0 aliphatic heterocycles. The van der Waals surface area contributed by atoms with Crippen LogP contribution in [0.3, 0.4) is 0 Å². The van der Waals surface area contributed by atoms with Gasteiger partial charge in [0.1, 0.15) is 22.4 Å². The second kappa shape index (κ2) is 4.61. The van der Waals surface area contributed by atoms with Gasteiger partial charge in [0.25, 0.3) is 0 Å². The van der Waals surface area contributed by atoms with Crippen molar-refractivity contribution >= 4 is 21.7 Å². The Hall–Kier alpha value is -1.43. The van der Waals surface area contributed by atoms with Crippen LogP contribution in [0.4, 0.5) is 5.82 Å². The number of anilines is 1. The van der Waals surface area contributed by atoms with Crippen molar-refractivity contribution in [2.45, 2.75) is 13.8 Å². The van der Waals surface area contributed by atoms with Gasteiger partial charge in [-0.15, -0.1) is 0 Å². The van der Waals surface area contributed by atoms with Crippen LogP contribution in [-0.4, -0.2) is 26.1 Å². The molecule has 0 aliphatic carbocycles. The molecular weight excluding hydrogens is 270 g/mol. The first-order valence-corrected chi connectivity index (χ1v) is 5.78. The highest BCUT2D eigenvalue weighted by Crippen LogP contribution is 2.25. The molecule has 0 radical (unpaired) electrons. The van der Waals surface area contributed by atoms with Crippen LogP contribution in [0.25, 0.3) is 5.82 Å². The Morgan fingerprint density at radius 2 is 2.19 bits per heavy atom. The third kappa shape index (κ3) is 1.92. The number of aromatic nitrogens is 4. The molecule has 2 heterocycles. The van der Waals surface area contributed by atoms with Crippen molar-refractivity contribution in [3.05, 3.63) is 29.0 Å². The van der Waals surface area contributed by atoms with Gasteiger partial charge in [-0.25, -0.2) is 15.0 Å². The molecule has 0 bridgehead atoms. The molecule has 0 atom stereocenters. The number of nitrogens with one attached hydrogen (secondary N) is 1. The van der Waals surface area contributed by atoms with Crippen molar-refractivity contribution in [1.29, 1.82) is 0 Å². The zero-order valence-electron chi connectivity index (χ0n) is 9.11. The van der Waals surface area contributed by atoms with Crippen LogP contribution in [0, 0.1) is 6.92 Å². The second-order valence-corrected chi connectivity index (χ2v) is 4.03. The molecule has 0 aliphatic rings. The maximum atomic E-state index is 4.25. The van der Waals surface area contributed by atoms with E-state index >= 15 is 0 Å². The summed E-state index contributed by atoms with van der Waals surface area (Å²) >= 11 is 3.50. The molecule has 0 saturated carbocycles. The highest BCUT2D eigenvalue weighted by molar-refractivity contribution is 9.10. The van der Waals surface area contributed by atoms with E-state index in [-0.39, 0.29) is 0 Å². The van der Waals surface area contributed by atoms with Crippen LogP contribution in [0.2, 0.25) is 0 Å². The van der Waals surface area contributed by atoms with Gasteiger partial charge in [0.05, 0.1) is 0 Å². The molecule has 0 saturated heterocycles. The van der Waals surface area contributed by atoms with Crippen molar-refractivity contribution in [1.82, 2.24) is 19.5 Å². The van der Waals surface area contributed by atoms with Gasteiger partial charge in [0.2, 0.25) is 0 Å². The minimum absolute atomic E-state index is 0.792. The summed E-state index contributed by atoms with van der Waals surface area (Å²) in [5, 5.41) is 3.17. The molecular formula is C10H12BrN5. The van der Waals surface area contributed by atoms with E-state index < -0.39 is 0 Å². The van der Waals surface area contributed by atoms with Crippen molar-refractivity contribution < 1.29 is 0 Å². The van der Waals surface area contributed by atoms with Crippen LogP contribution >= 0.6 is 15.9 Å². The first-order chi connectivity index (χ1) is 7.74. The fourth-order valence-corrected chi connectivity index (χ4v) is 1.96. The van der Waals surface area contributed by atoms with Crippen LogP contribution < -0.4 is 5.32 Å². The Morgan fingerprint density at radius 1 is 1.38 bits per heavy atom. The molecule has 0 fully saturated rings. The number of hydrogen-bond donors (Lipinski definition) is 1. The van der Waals surface area contributed by atoms with E-state index in [0.29, 0.717) is 0 Å². The van der Waals surface area contributed by atoms with E-state index in [1.54, 1.807) is 6.20 Å². The molecule has 0 spiro atoms. The Balaban J connectivity index is 2.50. The van der Waals surface area contributed by atoms with Gasteiger partial charge < -0.3 is 5.32 Å². The smallest absolute Gasteiger partial charge is 0.158 e. The number of hydrogen-bond acceptors (Lipinski definition) is 4. The molecule has 0 unspecified atom stereocenters. The van der Waals surface area contributed by atoms with Gasteiger partial charge >= 0.3 is 0 Å². The van der Waals surface area contributed by atoms with Crippen molar-refractivity contribution in [3.63, 3.8) is 0 Å². The number of nitrogens with zero attached hydrogens (tertiary/aromatic N) is 4. The number of rotatable bonds is 3. The lowest BCUT2D eigenvalue weighted by Gasteiger charge is -2.10. The van der Waals surface area contributed by atoms with Crippen molar-refractivity contribution in [3.8, 4) is 5.82 Å². The zero-order chi connectivity index (χ0) is 11.5. The average Bonchev–Trinajstić information content (AvgIpc) is 2.68. The average molecular weight is 282 g/mol. The predicted octanol–water partition coefficient (Wildman–Crippen LogP) is 2.17. The summed E-state index contributed by atoms with van der Waals surface area (Å²) < 4.78 is 2.75. The fraction of sp³-hybridized carbons (Fsp3) is 0.300. The SMILES string of the molecule is CCNc1ncnc(-n2ccnc2C)c1Br. The quantitative estimate of drug-likeness (QED) is 0.937. The summed E-state index contributed by atoms with van der Waals surface area (Å²) in [5.74, 6) is 2.48. The zero-order valence-corrected chi connectivity index (χ0v) is 10.7. The van der Waals surface area contributed by atoms with Crippen LogP contribution in [-0.2, 0) is 0 Å². The standard InChI is InChI=1S/C10H12BrN5/c1-3-12-9-8(11)10(15-6-14-9)16-5-4-13-7(16)2/h4-6H,3H2,1-2H3,(H,12,14,15). The molecule has 84 valence electrons. The van der Waals surface area contributed by atoms with Gasteiger partial charge in [-0.2, -0.15) is 0 Å². The first-order valence-electron chi connectivity index (χ1n) is 4.98. The van der Waals surface area contributed by atoms with Gasteiger partial charge in [-0.1, -0.05) is 0 Å². The monoisotopic (exact) mass is 281 g/mol. The normalized spacial score (nSPS) is 10.4. The lowest BCUT2D eigenvalue weighted by Crippen LogP contribution is -2.06. The molecule has 1 N–H and O–H groups in total. The van der Waals surface area contributed by atoms with Gasteiger partial charge in [-0.3, -0.25) is 4.57 Å². The lowest BCUT2D eigenvalue weighted by atomic mass is 10.5. The Morgan fingerprint density at radius 3 is 2.81 bits per heavy atom. The molecule has 2 aromatic rings. The Bertz CT molecular complexity index is 494. The molecule has 2 aromatic heterocycles. The minimum Gasteiger partial charge on any atom is -0.369 e. The topological polar surface area (TPSA) is 55.6 Å². The molecule has 0 aromatic carbocycles. The number of imidazole rings is 1. The van der Waals surface area contributed by atoms with E-state index in [1.165, 1.54) is 6.33 Å². The summed E-state index contributed by atoms with van der Waals surface area (Å²) in [6.45, 7) is 4.77. The predicted molar refractivity (Wildman–Crippen MR) is 65.8 cm³/mol. The third-order valence-electron chi connectivity index (χ3n) is 2.17. The third-order valence-corrected chi connectivity index (χ3v) is 2.90. The van der Waals surface area contributed by atoms with Crippen molar-refractivity contribution in [2.24, 2.45) is 0 Å². The fourth-order valence-electron chi connectivity index (χ4n) is 1.42. The summed E-state index contributed by atoms with van der Waals surface area (Å²) in [6, 6.07) is 0. The Kier molecular flexibility index (Phi) is 3.19. The van der Waals surface area contributed by atoms with Crippen LogP contribution in [0.1, 0.15) is 12.7 Å². The van der Waals surface area contributed by atoms with Crippen LogP contribution in [0.5, 0.6) is 0 Å². The van der Waals surface area contributed by atoms with E-state index in [4.69, 9.17) is 0 Å². The van der Waals surface area contributed by atoms with E-state index in [0.717, 1.165) is 28.5 Å². The molecule has 5 nitrogen and oxygen atoms in total. The van der Waals surface area contributed by atoms with Gasteiger partial charge in [0.15, 0.2) is 5.82 Å². The lowest BCUT2D eigenvalue weighted by molar-refractivity contribution is 0.911. The Labute approximate surface area is 102 Å². The summed E-state index contributed by atoms with van der Waals surface area (Å²) in [4.78, 5) is 12.6. The van der Waals surface area contributed by atoms with E-state index in [9.17, 15) is 0 Å². The number of halogens is 1. The van der Waals surface area contributed by atoms with E-state index in [2.05, 4.69) is 36.2 Å². The highest BCUT2D eigenvalue weighted by Gasteiger charge is 2.10. The molecule has 16 heavy (non-hydrogen) atoms. The summed E-state index contributed by atoms with van der Waals surface area (Å²) in [7, 11) is 0. The largest absolute Gasteiger partial charge is 0.369 e. The highest BCUT2D eigenvalue weighted by atomic mass is 79.9. The first kappa shape index (κ1) is 11.1. The number of aryl methyl sites for hydroxylation is 1. The summed E-state index contributed by atoms with van der Waals surface area (Å²) in [5.41, 5.74) is 0. The van der Waals surface area contributed by atoms with Gasteiger partial charge in [-0.05, 0) is 29.8 Å². The maximum absolute atomic E-state index is 4.25. The van der Waals surface area contributed by atoms with Crippen LogP contribution in [0.15, 0.2) is 23.2 Å². The minimum atomic E-state index is 0.792. The molecule has 6 heteroatoms. The molecule has 0 amide bonds. The summed E-state index contributed by atoms with van der Waals surface area (Å²) in [6.07, 6.45) is 5.16. The second-order valence-electron chi connectivity index (χ2n) is 3.23.